The molecule has 1 aromatic heterocycles. The van der Waals surface area contributed by atoms with E-state index >= 15 is 0 Å². The zero-order valence-corrected chi connectivity index (χ0v) is 8.90. The number of pyridine rings is 1. The van der Waals surface area contributed by atoms with Crippen LogP contribution in [0.25, 0.3) is 10.9 Å². The molecule has 0 aliphatic rings. The first-order valence-corrected chi connectivity index (χ1v) is 4.92. The fraction of sp³-hybridized carbons (Fsp3) is 0.167. The maximum Gasteiger partial charge on any atom is 0.249 e. The molecular formula is C12H14N2O. The van der Waals surface area contributed by atoms with Crippen molar-refractivity contribution in [1.29, 1.82) is 0 Å². The Morgan fingerprint density at radius 1 is 1.20 bits per heavy atom. The van der Waals surface area contributed by atoms with Crippen LogP contribution in [0, 0.1) is 0 Å². The molecule has 15 heavy (non-hydrogen) atoms. The Labute approximate surface area is 88.9 Å². The van der Waals surface area contributed by atoms with E-state index in [1.54, 1.807) is 12.3 Å². The van der Waals surface area contributed by atoms with Crippen LogP contribution >= 0.6 is 0 Å². The van der Waals surface area contributed by atoms with E-state index in [2.05, 4.69) is 4.98 Å². The van der Waals surface area contributed by atoms with Crippen molar-refractivity contribution in [3.05, 3.63) is 42.1 Å². The van der Waals surface area contributed by atoms with Gasteiger partial charge in [0.1, 0.15) is 0 Å². The number of para-hydroxylation sites is 1. The summed E-state index contributed by atoms with van der Waals surface area (Å²) in [5.74, 6) is -0.418. The quantitative estimate of drug-likeness (QED) is 0.771. The zero-order valence-electron chi connectivity index (χ0n) is 8.90. The smallest absolute Gasteiger partial charge is 0.249 e. The third-order valence-electron chi connectivity index (χ3n) is 1.91. The lowest BCUT2D eigenvalue weighted by atomic mass is 10.1. The van der Waals surface area contributed by atoms with Gasteiger partial charge in [-0.2, -0.15) is 0 Å². The Morgan fingerprint density at radius 2 is 1.87 bits per heavy atom. The Kier molecular flexibility index (Phi) is 3.80. The number of fused-ring (bicyclic) bond motifs is 1. The van der Waals surface area contributed by atoms with Crippen molar-refractivity contribution < 1.29 is 4.79 Å². The molecule has 0 saturated carbocycles. The number of nitrogens with two attached hydrogens (primary N) is 1. The van der Waals surface area contributed by atoms with E-state index in [-0.39, 0.29) is 0 Å². The second kappa shape index (κ2) is 5.10. The van der Waals surface area contributed by atoms with Gasteiger partial charge < -0.3 is 5.73 Å². The summed E-state index contributed by atoms with van der Waals surface area (Å²) >= 11 is 0. The molecule has 0 spiro atoms. The summed E-state index contributed by atoms with van der Waals surface area (Å²) in [6.45, 7) is 4.00. The Bertz CT molecular complexity index is 461. The molecular weight excluding hydrogens is 188 g/mol. The molecule has 78 valence electrons. The number of carbonyl (C=O) groups excluding carboxylic acids is 1. The van der Waals surface area contributed by atoms with E-state index in [1.807, 2.05) is 38.1 Å². The normalized spacial score (nSPS) is 9.20. The lowest BCUT2D eigenvalue weighted by molar-refractivity contribution is 0.100. The minimum absolute atomic E-state index is 0.418. The summed E-state index contributed by atoms with van der Waals surface area (Å²) in [6.07, 6.45) is 1.59. The number of aromatic nitrogens is 1. The van der Waals surface area contributed by atoms with E-state index in [0.717, 1.165) is 10.9 Å². The summed E-state index contributed by atoms with van der Waals surface area (Å²) in [4.78, 5) is 15.1. The number of carbonyl (C=O) groups is 1. The molecule has 0 aliphatic carbocycles. The number of benzene rings is 1. The molecule has 0 atom stereocenters. The minimum atomic E-state index is -0.418. The highest BCUT2D eigenvalue weighted by molar-refractivity contribution is 6.05. The van der Waals surface area contributed by atoms with E-state index in [1.165, 1.54) is 0 Å². The topological polar surface area (TPSA) is 56.0 Å². The first kappa shape index (κ1) is 11.2. The van der Waals surface area contributed by atoms with Gasteiger partial charge in [0.2, 0.25) is 5.91 Å². The second-order valence-corrected chi connectivity index (χ2v) is 2.74. The first-order chi connectivity index (χ1) is 7.29. The second-order valence-electron chi connectivity index (χ2n) is 2.74. The molecule has 3 heteroatoms. The van der Waals surface area contributed by atoms with Crippen LogP contribution in [0.4, 0.5) is 0 Å². The summed E-state index contributed by atoms with van der Waals surface area (Å²) in [5.41, 5.74) is 6.52. The summed E-state index contributed by atoms with van der Waals surface area (Å²) in [6, 6.07) is 9.05. The van der Waals surface area contributed by atoms with Gasteiger partial charge >= 0.3 is 0 Å². The van der Waals surface area contributed by atoms with Gasteiger partial charge in [0.05, 0.1) is 11.1 Å². The summed E-state index contributed by atoms with van der Waals surface area (Å²) < 4.78 is 0. The summed E-state index contributed by atoms with van der Waals surface area (Å²) in [5, 5.41) is 0.803. The third kappa shape index (κ3) is 2.31. The molecule has 2 N–H and O–H groups in total. The van der Waals surface area contributed by atoms with Gasteiger partial charge in [-0.15, -0.1) is 0 Å². The Balaban J connectivity index is 0.000000531. The van der Waals surface area contributed by atoms with Gasteiger partial charge in [0, 0.05) is 11.6 Å². The van der Waals surface area contributed by atoms with Gasteiger partial charge in [-0.3, -0.25) is 9.78 Å². The molecule has 2 rings (SSSR count). The number of rotatable bonds is 1. The van der Waals surface area contributed by atoms with E-state index in [9.17, 15) is 4.79 Å². The molecule has 0 unspecified atom stereocenters. The Hall–Kier alpha value is -1.90. The fourth-order valence-electron chi connectivity index (χ4n) is 1.31. The third-order valence-corrected chi connectivity index (χ3v) is 1.91. The molecule has 1 aromatic carbocycles. The van der Waals surface area contributed by atoms with Crippen molar-refractivity contribution in [3.8, 4) is 0 Å². The van der Waals surface area contributed by atoms with Crippen LogP contribution in [-0.4, -0.2) is 10.9 Å². The van der Waals surface area contributed by atoms with Crippen molar-refractivity contribution in [1.82, 2.24) is 4.98 Å². The van der Waals surface area contributed by atoms with Crippen molar-refractivity contribution >= 4 is 16.8 Å². The van der Waals surface area contributed by atoms with Crippen molar-refractivity contribution in [2.24, 2.45) is 5.73 Å². The van der Waals surface area contributed by atoms with Crippen LogP contribution in [-0.2, 0) is 0 Å². The predicted molar refractivity (Wildman–Crippen MR) is 61.6 cm³/mol. The Morgan fingerprint density at radius 3 is 2.53 bits per heavy atom. The molecule has 1 amide bonds. The molecule has 0 bridgehead atoms. The van der Waals surface area contributed by atoms with E-state index in [4.69, 9.17) is 5.73 Å². The van der Waals surface area contributed by atoms with Crippen molar-refractivity contribution in [2.45, 2.75) is 13.8 Å². The van der Waals surface area contributed by atoms with Crippen LogP contribution in [0.3, 0.4) is 0 Å². The van der Waals surface area contributed by atoms with Crippen LogP contribution in [0.5, 0.6) is 0 Å². The molecule has 0 aliphatic heterocycles. The van der Waals surface area contributed by atoms with Crippen LogP contribution < -0.4 is 5.73 Å². The highest BCUT2D eigenvalue weighted by Crippen LogP contribution is 2.14. The highest BCUT2D eigenvalue weighted by atomic mass is 16.1. The molecule has 3 nitrogen and oxygen atoms in total. The van der Waals surface area contributed by atoms with Crippen LogP contribution in [0.2, 0.25) is 0 Å². The van der Waals surface area contributed by atoms with E-state index in [0.29, 0.717) is 5.56 Å². The van der Waals surface area contributed by atoms with Gasteiger partial charge in [0.25, 0.3) is 0 Å². The number of hydrogen-bond acceptors (Lipinski definition) is 2. The lowest BCUT2D eigenvalue weighted by Gasteiger charge is -2.00. The number of nitrogens with zero attached hydrogens (tertiary/aromatic N) is 1. The zero-order chi connectivity index (χ0) is 11.3. The first-order valence-electron chi connectivity index (χ1n) is 4.92. The van der Waals surface area contributed by atoms with Gasteiger partial charge in [-0.1, -0.05) is 32.0 Å². The van der Waals surface area contributed by atoms with Crippen LogP contribution in [0.1, 0.15) is 24.2 Å². The molecule has 2 aromatic rings. The van der Waals surface area contributed by atoms with Gasteiger partial charge in [0.15, 0.2) is 0 Å². The average molecular weight is 202 g/mol. The molecule has 0 fully saturated rings. The SMILES string of the molecule is CC.NC(=O)c1ccnc2ccccc12. The minimum Gasteiger partial charge on any atom is -0.366 e. The number of hydrogen-bond donors (Lipinski definition) is 1. The van der Waals surface area contributed by atoms with Gasteiger partial charge in [-0.25, -0.2) is 0 Å². The molecule has 1 heterocycles. The lowest BCUT2D eigenvalue weighted by Crippen LogP contribution is -2.11. The standard InChI is InChI=1S/C10H8N2O.C2H6/c11-10(13)8-5-6-12-9-4-2-1-3-7(8)9;1-2/h1-6H,(H2,11,13);1-2H3. The average Bonchev–Trinajstić information content (AvgIpc) is 2.31. The van der Waals surface area contributed by atoms with Crippen molar-refractivity contribution in [2.75, 3.05) is 0 Å². The monoisotopic (exact) mass is 202 g/mol. The van der Waals surface area contributed by atoms with E-state index < -0.39 is 5.91 Å². The highest BCUT2D eigenvalue weighted by Gasteiger charge is 2.04. The predicted octanol–water partition coefficient (Wildman–Crippen LogP) is 2.36. The van der Waals surface area contributed by atoms with Crippen LogP contribution in [0.15, 0.2) is 36.5 Å². The number of primary amides is 1. The maximum absolute atomic E-state index is 11.0. The fourth-order valence-corrected chi connectivity index (χ4v) is 1.31. The molecule has 0 radical (unpaired) electrons. The van der Waals surface area contributed by atoms with Crippen molar-refractivity contribution in [3.63, 3.8) is 0 Å². The maximum atomic E-state index is 11.0. The number of amides is 1. The molecule has 0 saturated heterocycles. The largest absolute Gasteiger partial charge is 0.366 e. The van der Waals surface area contributed by atoms with Gasteiger partial charge in [-0.05, 0) is 12.1 Å². The summed E-state index contributed by atoms with van der Waals surface area (Å²) in [7, 11) is 0.